The van der Waals surface area contributed by atoms with Crippen molar-refractivity contribution < 1.29 is 19.0 Å². The van der Waals surface area contributed by atoms with Gasteiger partial charge < -0.3 is 19.5 Å². The van der Waals surface area contributed by atoms with Crippen molar-refractivity contribution in [2.45, 2.75) is 0 Å². The number of carbonyl (C=O) groups is 1. The molecule has 9 heteroatoms. The Kier molecular flexibility index (Phi) is 6.26. The molecule has 0 saturated carbocycles. The summed E-state index contributed by atoms with van der Waals surface area (Å²) < 4.78 is 16.5. The molecular formula is C27H21ClN4O4. The number of benzene rings is 3. The summed E-state index contributed by atoms with van der Waals surface area (Å²) in [6.45, 7) is 0. The monoisotopic (exact) mass is 500 g/mol. The van der Waals surface area contributed by atoms with Gasteiger partial charge in [0.15, 0.2) is 11.5 Å². The van der Waals surface area contributed by atoms with Crippen LogP contribution >= 0.6 is 11.6 Å². The van der Waals surface area contributed by atoms with Gasteiger partial charge in [0.1, 0.15) is 5.71 Å². The minimum Gasteiger partial charge on any atom is -0.493 e. The van der Waals surface area contributed by atoms with Crippen molar-refractivity contribution in [2.75, 3.05) is 26.6 Å². The Morgan fingerprint density at radius 3 is 2.08 bits per heavy atom. The number of nitrogens with one attached hydrogen (secondary N) is 1. The highest BCUT2D eigenvalue weighted by atomic mass is 35.5. The molecule has 0 saturated heterocycles. The number of fused-ring (bicyclic) bond motifs is 1. The van der Waals surface area contributed by atoms with Crippen molar-refractivity contribution in [3.8, 4) is 39.8 Å². The topological polar surface area (TPSA) is 94.9 Å². The van der Waals surface area contributed by atoms with Crippen LogP contribution in [-0.4, -0.2) is 42.9 Å². The highest BCUT2D eigenvalue weighted by molar-refractivity contribution is 6.54. The SMILES string of the molecule is COc1cc(-c2cc(-c3ccc(Cl)cc3)nc(/N=C3\C(=O)Nc4ccccc43)n2)cc(OC)c1OC. The molecule has 5 rings (SSSR count). The molecule has 8 nitrogen and oxygen atoms in total. The van der Waals surface area contributed by atoms with Gasteiger partial charge >= 0.3 is 0 Å². The first-order chi connectivity index (χ1) is 17.5. The van der Waals surface area contributed by atoms with Crippen molar-refractivity contribution in [3.63, 3.8) is 0 Å². The first-order valence-electron chi connectivity index (χ1n) is 11.0. The van der Waals surface area contributed by atoms with E-state index in [-0.39, 0.29) is 17.6 Å². The third-order valence-corrected chi connectivity index (χ3v) is 5.92. The fraction of sp³-hybridized carbons (Fsp3) is 0.111. The van der Waals surface area contributed by atoms with E-state index >= 15 is 0 Å². The summed E-state index contributed by atoms with van der Waals surface area (Å²) in [5.41, 5.74) is 4.30. The van der Waals surface area contributed by atoms with Gasteiger partial charge in [0.25, 0.3) is 11.9 Å². The number of anilines is 1. The van der Waals surface area contributed by atoms with E-state index in [2.05, 4.69) is 20.3 Å². The Labute approximate surface area is 212 Å². The van der Waals surface area contributed by atoms with Crippen LogP contribution in [0.3, 0.4) is 0 Å². The van der Waals surface area contributed by atoms with E-state index in [1.807, 2.05) is 42.5 Å². The summed E-state index contributed by atoms with van der Waals surface area (Å²) in [5, 5.41) is 3.43. The molecule has 0 atom stereocenters. The first kappa shape index (κ1) is 23.3. The van der Waals surface area contributed by atoms with Crippen LogP contribution in [0, 0.1) is 0 Å². The fourth-order valence-corrected chi connectivity index (χ4v) is 4.07. The molecule has 0 fully saturated rings. The van der Waals surface area contributed by atoms with E-state index in [1.165, 1.54) is 0 Å². The number of rotatable bonds is 6. The summed E-state index contributed by atoms with van der Waals surface area (Å²) >= 11 is 6.09. The summed E-state index contributed by atoms with van der Waals surface area (Å²) in [5.74, 6) is 1.25. The number of hydrogen-bond acceptors (Lipinski definition) is 7. The maximum absolute atomic E-state index is 12.7. The average molecular weight is 501 g/mol. The largest absolute Gasteiger partial charge is 0.493 e. The molecule has 0 aliphatic carbocycles. The lowest BCUT2D eigenvalue weighted by molar-refractivity contribution is -0.110. The zero-order valence-electron chi connectivity index (χ0n) is 19.7. The number of methoxy groups -OCH3 is 3. The van der Waals surface area contributed by atoms with Gasteiger partial charge in [-0.25, -0.2) is 15.0 Å². The fourth-order valence-electron chi connectivity index (χ4n) is 3.94. The van der Waals surface area contributed by atoms with Crippen molar-refractivity contribution in [2.24, 2.45) is 4.99 Å². The maximum atomic E-state index is 12.7. The maximum Gasteiger partial charge on any atom is 0.275 e. The van der Waals surface area contributed by atoms with Gasteiger partial charge in [0, 0.05) is 21.7 Å². The number of amides is 1. The quantitative estimate of drug-likeness (QED) is 0.372. The van der Waals surface area contributed by atoms with Crippen molar-refractivity contribution in [1.82, 2.24) is 9.97 Å². The highest BCUT2D eigenvalue weighted by Crippen LogP contribution is 2.41. The molecule has 0 bridgehead atoms. The smallest absolute Gasteiger partial charge is 0.275 e. The third-order valence-electron chi connectivity index (χ3n) is 5.67. The second-order valence-corrected chi connectivity index (χ2v) is 8.26. The Balaban J connectivity index is 1.71. The van der Waals surface area contributed by atoms with Crippen LogP contribution in [0.25, 0.3) is 22.5 Å². The number of aliphatic imine (C=N–C) groups is 1. The first-order valence-corrected chi connectivity index (χ1v) is 11.3. The number of ether oxygens (including phenoxy) is 3. The van der Waals surface area contributed by atoms with Crippen molar-refractivity contribution in [3.05, 3.63) is 77.3 Å². The van der Waals surface area contributed by atoms with Gasteiger partial charge in [-0.3, -0.25) is 4.79 Å². The van der Waals surface area contributed by atoms with E-state index in [1.54, 1.807) is 45.6 Å². The predicted molar refractivity (Wildman–Crippen MR) is 139 cm³/mol. The molecule has 1 aliphatic heterocycles. The zero-order chi connectivity index (χ0) is 25.2. The van der Waals surface area contributed by atoms with Crippen LogP contribution in [0.2, 0.25) is 5.02 Å². The summed E-state index contributed by atoms with van der Waals surface area (Å²) in [4.78, 5) is 26.5. The molecule has 1 N–H and O–H groups in total. The van der Waals surface area contributed by atoms with Gasteiger partial charge in [-0.1, -0.05) is 41.9 Å². The number of nitrogens with zero attached hydrogens (tertiary/aromatic N) is 3. The van der Waals surface area contributed by atoms with E-state index in [0.717, 1.165) is 5.56 Å². The second-order valence-electron chi connectivity index (χ2n) is 7.82. The molecule has 1 aliphatic rings. The standard InChI is InChI=1S/C27H21ClN4O4/c1-34-22-12-16(13-23(35-2)25(22)36-3)21-14-20(15-8-10-17(28)11-9-15)30-27(31-21)32-24-18-6-4-5-7-19(18)29-26(24)33/h4-14H,1-3H3,(H,29,30,31,32,33). The summed E-state index contributed by atoms with van der Waals surface area (Å²) in [6, 6.07) is 20.1. The number of carbonyl (C=O) groups excluding carboxylic acids is 1. The van der Waals surface area contributed by atoms with Gasteiger partial charge in [0.2, 0.25) is 5.75 Å². The Bertz CT molecular complexity index is 1480. The lowest BCUT2D eigenvalue weighted by Crippen LogP contribution is -2.14. The summed E-state index contributed by atoms with van der Waals surface area (Å²) in [7, 11) is 4.64. The lowest BCUT2D eigenvalue weighted by Gasteiger charge is -2.14. The highest BCUT2D eigenvalue weighted by Gasteiger charge is 2.26. The van der Waals surface area contributed by atoms with Gasteiger partial charge in [-0.2, -0.15) is 0 Å². The predicted octanol–water partition coefficient (Wildman–Crippen LogP) is 5.56. The third kappa shape index (κ3) is 4.34. The molecule has 0 radical (unpaired) electrons. The Hall–Kier alpha value is -4.43. The molecular weight excluding hydrogens is 480 g/mol. The number of hydrogen-bond donors (Lipinski definition) is 1. The average Bonchev–Trinajstić information content (AvgIpc) is 3.22. The van der Waals surface area contributed by atoms with Gasteiger partial charge in [-0.05, 0) is 36.4 Å². The number of aromatic nitrogens is 2. The van der Waals surface area contributed by atoms with Crippen LogP contribution in [-0.2, 0) is 4.79 Å². The summed E-state index contributed by atoms with van der Waals surface area (Å²) in [6.07, 6.45) is 0. The number of para-hydroxylation sites is 1. The normalized spacial score (nSPS) is 13.3. The molecule has 0 unspecified atom stereocenters. The minimum atomic E-state index is -0.314. The van der Waals surface area contributed by atoms with Crippen LogP contribution in [0.4, 0.5) is 11.6 Å². The van der Waals surface area contributed by atoms with Crippen molar-refractivity contribution in [1.29, 1.82) is 0 Å². The van der Waals surface area contributed by atoms with Crippen LogP contribution in [0.15, 0.2) is 71.7 Å². The molecule has 180 valence electrons. The molecule has 2 heterocycles. The molecule has 1 aromatic heterocycles. The number of halogens is 1. The molecule has 4 aromatic rings. The molecule has 3 aromatic carbocycles. The zero-order valence-corrected chi connectivity index (χ0v) is 20.5. The molecule has 1 amide bonds. The second kappa shape index (κ2) is 9.67. The van der Waals surface area contributed by atoms with E-state index in [0.29, 0.717) is 50.5 Å². The van der Waals surface area contributed by atoms with Crippen LogP contribution in [0.5, 0.6) is 17.2 Å². The van der Waals surface area contributed by atoms with E-state index in [9.17, 15) is 4.79 Å². The minimum absolute atomic E-state index is 0.132. The molecule has 0 spiro atoms. The van der Waals surface area contributed by atoms with E-state index in [4.69, 9.17) is 25.8 Å². The van der Waals surface area contributed by atoms with Crippen LogP contribution in [0.1, 0.15) is 5.56 Å². The van der Waals surface area contributed by atoms with Gasteiger partial charge in [-0.15, -0.1) is 0 Å². The Morgan fingerprint density at radius 2 is 1.44 bits per heavy atom. The van der Waals surface area contributed by atoms with Gasteiger partial charge in [0.05, 0.1) is 38.4 Å². The van der Waals surface area contributed by atoms with Crippen molar-refractivity contribution >= 4 is 34.9 Å². The van der Waals surface area contributed by atoms with E-state index < -0.39 is 0 Å². The molecule has 36 heavy (non-hydrogen) atoms. The Morgan fingerprint density at radius 1 is 0.806 bits per heavy atom. The lowest BCUT2D eigenvalue weighted by atomic mass is 10.1. The van der Waals surface area contributed by atoms with Crippen LogP contribution < -0.4 is 19.5 Å².